The van der Waals surface area contributed by atoms with E-state index in [1.807, 2.05) is 84.0 Å². The van der Waals surface area contributed by atoms with Gasteiger partial charge in [0.15, 0.2) is 24.4 Å². The van der Waals surface area contributed by atoms with Gasteiger partial charge in [-0.2, -0.15) is 0 Å². The van der Waals surface area contributed by atoms with Crippen LogP contribution in [-0.2, 0) is 95.7 Å². The van der Waals surface area contributed by atoms with Gasteiger partial charge in [0.25, 0.3) is 17.7 Å². The normalized spacial score (nSPS) is 16.7. The third-order valence-corrected chi connectivity index (χ3v) is 17.7. The number of benzene rings is 3. The molecule has 0 N–H and O–H groups in total. The van der Waals surface area contributed by atoms with E-state index in [1.54, 1.807) is 57.2 Å². The van der Waals surface area contributed by atoms with Gasteiger partial charge in [-0.05, 0) is 164 Å². The largest absolute Gasteiger partial charge is 0.458 e. The van der Waals surface area contributed by atoms with Gasteiger partial charge in [-0.15, -0.1) is 0 Å². The first kappa shape index (κ1) is 83.1. The molecule has 556 valence electrons. The van der Waals surface area contributed by atoms with Crippen molar-refractivity contribution in [3.63, 3.8) is 0 Å². The monoisotopic (exact) mass is 1400 g/mol. The van der Waals surface area contributed by atoms with E-state index >= 15 is 23.2 Å². The minimum absolute atomic E-state index is 0.0176. The van der Waals surface area contributed by atoms with Crippen LogP contribution in [0, 0.1) is 10.8 Å². The minimum Gasteiger partial charge on any atom is -0.458 e. The molecule has 23 heteroatoms. The van der Waals surface area contributed by atoms with Crippen LogP contribution in [-0.4, -0.2) is 193 Å². The van der Waals surface area contributed by atoms with Crippen molar-refractivity contribution >= 4 is 53.7 Å². The van der Waals surface area contributed by atoms with Crippen LogP contribution in [0.25, 0.3) is 0 Å². The van der Waals surface area contributed by atoms with Crippen molar-refractivity contribution in [3.05, 3.63) is 107 Å². The van der Waals surface area contributed by atoms with Gasteiger partial charge in [-0.1, -0.05) is 120 Å². The number of hydrogen-bond donors (Lipinski definition) is 0. The minimum atomic E-state index is -2.17. The lowest BCUT2D eigenvalue weighted by Crippen LogP contribution is -2.54. The SMILES string of the molecule is C[C@@H](OC(=O)[C@H](CC(C)(C)C)N(C)C(=O)[C@@H](Cc1ccc(C2CCOCC2)cc1)OC(=O)[C@H](CC(C)(C)F)N(C)C(=O)[C@@H](C)OC(=O)[C@H](CC(C)(C)C)N(C)C(=O)[C@@H](CCc1ccc(C2CCOCC2)cc1)OC(=O)[C@H](CC(C)(C)F)N(C)C(=O)OC(C)(C)C)C(=O)OCc1ccccc1. The quantitative estimate of drug-likeness (QED) is 0.0429. The molecule has 3 aromatic rings. The number of hydrogen-bond acceptors (Lipinski definition) is 17. The number of esters is 5. The summed E-state index contributed by atoms with van der Waals surface area (Å²) in [6.07, 6.45) is -5.51. The van der Waals surface area contributed by atoms with Gasteiger partial charge in [0, 0.05) is 73.9 Å². The third-order valence-electron chi connectivity index (χ3n) is 17.7. The summed E-state index contributed by atoms with van der Waals surface area (Å²) in [5, 5.41) is 0. The average molecular weight is 1400 g/mol. The van der Waals surface area contributed by atoms with Crippen molar-refractivity contribution in [2.75, 3.05) is 54.6 Å². The molecule has 3 aromatic carbocycles. The van der Waals surface area contributed by atoms with Gasteiger partial charge in [0.05, 0.1) is 0 Å². The molecular weight excluding hydrogens is 1290 g/mol. The van der Waals surface area contributed by atoms with Crippen molar-refractivity contribution < 1.29 is 89.8 Å². The highest BCUT2D eigenvalue weighted by Crippen LogP contribution is 2.33. The maximum atomic E-state index is 16.2. The Balaban J connectivity index is 1.45. The third kappa shape index (κ3) is 27.1. The molecule has 100 heavy (non-hydrogen) atoms. The van der Waals surface area contributed by atoms with Crippen LogP contribution >= 0.6 is 0 Å². The molecule has 8 atom stereocenters. The summed E-state index contributed by atoms with van der Waals surface area (Å²) in [4.78, 5) is 134. The molecule has 0 unspecified atom stereocenters. The van der Waals surface area contributed by atoms with E-state index in [4.69, 9.17) is 37.9 Å². The number of rotatable bonds is 31. The van der Waals surface area contributed by atoms with E-state index in [0.717, 1.165) is 62.0 Å². The Bertz CT molecular complexity index is 3190. The molecule has 5 rings (SSSR count). The molecule has 0 aliphatic carbocycles. The fourth-order valence-corrected chi connectivity index (χ4v) is 12.0. The van der Waals surface area contributed by atoms with E-state index in [9.17, 15) is 28.8 Å². The molecule has 0 aromatic heterocycles. The number of aryl methyl sites for hydroxylation is 1. The van der Waals surface area contributed by atoms with Gasteiger partial charge < -0.3 is 52.6 Å². The van der Waals surface area contributed by atoms with Gasteiger partial charge in [-0.25, -0.2) is 37.5 Å². The Morgan fingerprint density at radius 3 is 1.26 bits per heavy atom. The number of carbonyl (C=O) groups is 9. The Kier molecular flexibility index (Phi) is 30.2. The first-order valence-electron chi connectivity index (χ1n) is 34.9. The first-order valence-corrected chi connectivity index (χ1v) is 34.9. The lowest BCUT2D eigenvalue weighted by molar-refractivity contribution is -0.176. The Hall–Kier alpha value is -7.53. The molecular formula is C77H112F2N4O17. The van der Waals surface area contributed by atoms with Crippen LogP contribution in [0.2, 0.25) is 0 Å². The van der Waals surface area contributed by atoms with Crippen molar-refractivity contribution in [3.8, 4) is 0 Å². The smallest absolute Gasteiger partial charge is 0.410 e. The molecule has 4 amide bonds. The summed E-state index contributed by atoms with van der Waals surface area (Å²) < 4.78 is 77.8. The van der Waals surface area contributed by atoms with E-state index in [-0.39, 0.29) is 44.6 Å². The highest BCUT2D eigenvalue weighted by atomic mass is 19.1. The highest BCUT2D eigenvalue weighted by molar-refractivity contribution is 5.93. The Morgan fingerprint density at radius 1 is 0.450 bits per heavy atom. The predicted molar refractivity (Wildman–Crippen MR) is 373 cm³/mol. The van der Waals surface area contributed by atoms with Crippen LogP contribution in [0.5, 0.6) is 0 Å². The number of carbonyl (C=O) groups excluding carboxylic acids is 9. The predicted octanol–water partition coefficient (Wildman–Crippen LogP) is 11.9. The van der Waals surface area contributed by atoms with Crippen LogP contribution in [0.4, 0.5) is 13.6 Å². The summed E-state index contributed by atoms with van der Waals surface area (Å²) in [7, 11) is 5.13. The second-order valence-electron chi connectivity index (χ2n) is 31.5. The number of alkyl halides is 2. The number of amides is 4. The first-order chi connectivity index (χ1) is 46.4. The summed E-state index contributed by atoms with van der Waals surface area (Å²) in [5.74, 6) is -7.36. The molecule has 0 bridgehead atoms. The van der Waals surface area contributed by atoms with Gasteiger partial charge in [0.1, 0.15) is 47.7 Å². The summed E-state index contributed by atoms with van der Waals surface area (Å²) >= 11 is 0. The van der Waals surface area contributed by atoms with E-state index < -0.39 is 143 Å². The number of halogens is 2. The molecule has 21 nitrogen and oxygen atoms in total. The second-order valence-corrected chi connectivity index (χ2v) is 31.5. The fourth-order valence-electron chi connectivity index (χ4n) is 12.0. The standard InChI is InChI=1S/C77H112F2N4O17/c1-49(96-68(88)58(44-73(3,4)5)81(17)65(85)62(34-29-51-25-30-54(31-26-51)56-35-39-93-40-36-56)98-71(91)61(47-77(14,15)79)83(19)72(92)100-75(9,10)11)64(84)80(16)60(46-76(12,13)78)70(90)99-63(43-52-27-32-55(33-28-52)57-37-41-94-42-38-57)66(86)82(18)59(45-74(6,7)8)69(89)97-50(2)67(87)95-48-53-23-21-20-22-24-53/h20-28,30-33,49-50,56-63H,29,34-48H2,1-19H3/t49-,50-,58+,59+,60+,61+,62-,63-/m1/s1. The Labute approximate surface area is 591 Å². The molecule has 0 saturated carbocycles. The van der Waals surface area contributed by atoms with Crippen molar-refractivity contribution in [2.24, 2.45) is 10.8 Å². The van der Waals surface area contributed by atoms with Crippen LogP contribution < -0.4 is 0 Å². The summed E-state index contributed by atoms with van der Waals surface area (Å²) in [5.41, 5.74) is -2.32. The summed E-state index contributed by atoms with van der Waals surface area (Å²) in [6.45, 7) is 25.7. The van der Waals surface area contributed by atoms with Crippen molar-refractivity contribution in [1.82, 2.24) is 19.6 Å². The van der Waals surface area contributed by atoms with E-state index in [2.05, 4.69) is 0 Å². The lowest BCUT2D eigenvalue weighted by Gasteiger charge is -2.36. The molecule has 2 saturated heterocycles. The zero-order valence-electron chi connectivity index (χ0n) is 62.6. The summed E-state index contributed by atoms with van der Waals surface area (Å²) in [6, 6.07) is 18.0. The molecule has 2 fully saturated rings. The van der Waals surface area contributed by atoms with E-state index in [0.29, 0.717) is 43.5 Å². The van der Waals surface area contributed by atoms with Gasteiger partial charge >= 0.3 is 35.9 Å². The van der Waals surface area contributed by atoms with E-state index in [1.165, 1.54) is 69.7 Å². The van der Waals surface area contributed by atoms with Crippen molar-refractivity contribution in [2.45, 2.75) is 258 Å². The second kappa shape index (κ2) is 36.4. The molecule has 0 radical (unpaired) electrons. The highest BCUT2D eigenvalue weighted by Gasteiger charge is 2.45. The topological polar surface area (TPSA) is 240 Å². The average Bonchev–Trinajstić information content (AvgIpc) is 0.817. The number of nitrogens with zero attached hydrogens (tertiary/aromatic N) is 4. The van der Waals surface area contributed by atoms with Crippen molar-refractivity contribution in [1.29, 1.82) is 0 Å². The fraction of sp³-hybridized carbons (Fsp3) is 0.649. The Morgan fingerprint density at radius 2 is 0.830 bits per heavy atom. The van der Waals surface area contributed by atoms with Gasteiger partial charge in [0.2, 0.25) is 0 Å². The lowest BCUT2D eigenvalue weighted by atomic mass is 9.87. The maximum absolute atomic E-state index is 16.2. The zero-order valence-corrected chi connectivity index (χ0v) is 62.6. The van der Waals surface area contributed by atoms with Crippen LogP contribution in [0.15, 0.2) is 78.9 Å². The molecule has 2 aliphatic heterocycles. The number of ether oxygens (including phenoxy) is 8. The maximum Gasteiger partial charge on any atom is 0.410 e. The van der Waals surface area contributed by atoms with Crippen LogP contribution in [0.1, 0.15) is 201 Å². The molecule has 2 heterocycles. The zero-order chi connectivity index (χ0) is 74.8. The van der Waals surface area contributed by atoms with Gasteiger partial charge in [-0.3, -0.25) is 19.3 Å². The molecule has 0 spiro atoms. The number of likely N-dealkylation sites (N-methyl/N-ethyl adjacent to an activating group) is 4. The van der Waals surface area contributed by atoms with Crippen LogP contribution in [0.3, 0.4) is 0 Å². The molecule has 2 aliphatic rings.